The second-order valence-electron chi connectivity index (χ2n) is 3.78. The number of rotatable bonds is 3. The Kier molecular flexibility index (Phi) is 3.10. The Morgan fingerprint density at radius 2 is 2.12 bits per heavy atom. The third-order valence-corrected chi connectivity index (χ3v) is 2.52. The lowest BCUT2D eigenvalue weighted by Gasteiger charge is -2.20. The van der Waals surface area contributed by atoms with Crippen LogP contribution in [0.4, 0.5) is 0 Å². The second kappa shape index (κ2) is 4.53. The Labute approximate surface area is 94.3 Å². The van der Waals surface area contributed by atoms with Crippen molar-refractivity contribution in [2.75, 3.05) is 19.8 Å². The van der Waals surface area contributed by atoms with Crippen molar-refractivity contribution in [2.45, 2.75) is 13.3 Å². The van der Waals surface area contributed by atoms with Gasteiger partial charge >= 0.3 is 0 Å². The average molecular weight is 221 g/mol. The second-order valence-corrected chi connectivity index (χ2v) is 3.78. The maximum atomic E-state index is 11.7. The molecule has 4 nitrogen and oxygen atoms in total. The fourth-order valence-corrected chi connectivity index (χ4v) is 1.77. The lowest BCUT2D eigenvalue weighted by Crippen LogP contribution is -2.17. The van der Waals surface area contributed by atoms with Crippen LogP contribution >= 0.6 is 0 Å². The molecule has 86 valence electrons. The molecule has 1 aromatic rings. The minimum absolute atomic E-state index is 0.0440. The summed E-state index contributed by atoms with van der Waals surface area (Å²) in [6, 6.07) is 3.56. The van der Waals surface area contributed by atoms with Gasteiger partial charge in [-0.15, -0.1) is 0 Å². The van der Waals surface area contributed by atoms with Crippen LogP contribution in [0.5, 0.6) is 11.5 Å². The molecule has 1 heterocycles. The van der Waals surface area contributed by atoms with Crippen molar-refractivity contribution in [1.29, 1.82) is 0 Å². The van der Waals surface area contributed by atoms with E-state index in [0.717, 1.165) is 11.3 Å². The van der Waals surface area contributed by atoms with Gasteiger partial charge in [0.2, 0.25) is 0 Å². The predicted molar refractivity (Wildman–Crippen MR) is 60.2 cm³/mol. The topological polar surface area (TPSA) is 61.6 Å². The van der Waals surface area contributed by atoms with Gasteiger partial charge in [0.15, 0.2) is 17.3 Å². The van der Waals surface area contributed by atoms with Crippen molar-refractivity contribution in [3.8, 4) is 11.5 Å². The average Bonchev–Trinajstić information content (AvgIpc) is 2.29. The van der Waals surface area contributed by atoms with Crippen LogP contribution < -0.4 is 15.2 Å². The van der Waals surface area contributed by atoms with E-state index in [1.165, 1.54) is 0 Å². The van der Waals surface area contributed by atoms with E-state index in [9.17, 15) is 4.79 Å². The van der Waals surface area contributed by atoms with Crippen LogP contribution in [0.15, 0.2) is 12.1 Å². The van der Waals surface area contributed by atoms with E-state index in [4.69, 9.17) is 15.2 Å². The van der Waals surface area contributed by atoms with Crippen LogP contribution in [0.1, 0.15) is 22.3 Å². The summed E-state index contributed by atoms with van der Waals surface area (Å²) in [5, 5.41) is 0. The minimum Gasteiger partial charge on any atom is -0.486 e. The number of benzene rings is 1. The molecule has 0 aromatic heterocycles. The number of hydrogen-bond acceptors (Lipinski definition) is 4. The molecule has 0 radical (unpaired) electrons. The fraction of sp³-hybridized carbons (Fsp3) is 0.417. The van der Waals surface area contributed by atoms with Crippen molar-refractivity contribution in [2.24, 2.45) is 5.73 Å². The van der Waals surface area contributed by atoms with Crippen LogP contribution in [-0.2, 0) is 0 Å². The van der Waals surface area contributed by atoms with E-state index in [1.54, 1.807) is 6.07 Å². The molecular weight excluding hydrogens is 206 g/mol. The number of nitrogens with two attached hydrogens (primary N) is 1. The molecule has 0 atom stereocenters. The van der Waals surface area contributed by atoms with Crippen molar-refractivity contribution in [1.82, 2.24) is 0 Å². The number of ether oxygens (including phenoxy) is 2. The highest BCUT2D eigenvalue weighted by Crippen LogP contribution is 2.34. The Balaban J connectivity index is 2.35. The van der Waals surface area contributed by atoms with E-state index in [0.29, 0.717) is 37.5 Å². The normalized spacial score (nSPS) is 13.6. The zero-order valence-electron chi connectivity index (χ0n) is 9.29. The Hall–Kier alpha value is -1.55. The van der Waals surface area contributed by atoms with Gasteiger partial charge in [-0.2, -0.15) is 0 Å². The highest BCUT2D eigenvalue weighted by Gasteiger charge is 2.17. The first-order valence-corrected chi connectivity index (χ1v) is 5.36. The summed E-state index contributed by atoms with van der Waals surface area (Å²) in [5.41, 5.74) is 6.94. The van der Waals surface area contributed by atoms with Gasteiger partial charge < -0.3 is 15.2 Å². The zero-order valence-corrected chi connectivity index (χ0v) is 9.29. The zero-order chi connectivity index (χ0) is 11.5. The van der Waals surface area contributed by atoms with Crippen LogP contribution in [0.2, 0.25) is 0 Å². The van der Waals surface area contributed by atoms with Crippen LogP contribution in [-0.4, -0.2) is 25.5 Å². The molecule has 0 fully saturated rings. The van der Waals surface area contributed by atoms with Crippen molar-refractivity contribution in [3.63, 3.8) is 0 Å². The lowest BCUT2D eigenvalue weighted by atomic mass is 10.0. The van der Waals surface area contributed by atoms with Gasteiger partial charge in [0.25, 0.3) is 0 Å². The molecule has 16 heavy (non-hydrogen) atoms. The smallest absolute Gasteiger partial charge is 0.164 e. The van der Waals surface area contributed by atoms with E-state index in [-0.39, 0.29) is 5.78 Å². The number of hydrogen-bond donors (Lipinski definition) is 1. The molecule has 0 spiro atoms. The Morgan fingerprint density at radius 3 is 2.88 bits per heavy atom. The standard InChI is InChI=1S/C12H15NO3/c1-8-6-9(10(14)2-3-13)7-11-12(8)16-5-4-15-11/h6-7H,2-5,13H2,1H3. The first kappa shape index (κ1) is 11.0. The number of carbonyl (C=O) groups is 1. The molecule has 0 saturated carbocycles. The van der Waals surface area contributed by atoms with Gasteiger partial charge in [0.05, 0.1) is 0 Å². The Morgan fingerprint density at radius 1 is 1.38 bits per heavy atom. The largest absolute Gasteiger partial charge is 0.486 e. The molecule has 1 aromatic carbocycles. The maximum Gasteiger partial charge on any atom is 0.164 e. The van der Waals surface area contributed by atoms with Crippen molar-refractivity contribution >= 4 is 5.78 Å². The number of fused-ring (bicyclic) bond motifs is 1. The van der Waals surface area contributed by atoms with Crippen LogP contribution in [0.3, 0.4) is 0 Å². The predicted octanol–water partition coefficient (Wildman–Crippen LogP) is 1.30. The molecule has 2 rings (SSSR count). The van der Waals surface area contributed by atoms with Crippen LogP contribution in [0.25, 0.3) is 0 Å². The molecule has 0 amide bonds. The summed E-state index contributed by atoms with van der Waals surface area (Å²) in [7, 11) is 0. The maximum absolute atomic E-state index is 11.7. The van der Waals surface area contributed by atoms with Gasteiger partial charge in [-0.3, -0.25) is 4.79 Å². The summed E-state index contributed by atoms with van der Waals surface area (Å²) in [6.45, 7) is 3.37. The minimum atomic E-state index is 0.0440. The summed E-state index contributed by atoms with van der Waals surface area (Å²) >= 11 is 0. The van der Waals surface area contributed by atoms with Crippen molar-refractivity contribution < 1.29 is 14.3 Å². The van der Waals surface area contributed by atoms with Gasteiger partial charge in [0.1, 0.15) is 13.2 Å². The fourth-order valence-electron chi connectivity index (χ4n) is 1.77. The molecule has 0 aliphatic carbocycles. The molecule has 4 heteroatoms. The van der Waals surface area contributed by atoms with Crippen LogP contribution in [0, 0.1) is 6.92 Å². The quantitative estimate of drug-likeness (QED) is 0.781. The molecule has 1 aliphatic rings. The number of ketones is 1. The lowest BCUT2D eigenvalue weighted by molar-refractivity contribution is 0.0984. The van der Waals surface area contributed by atoms with Gasteiger partial charge in [0, 0.05) is 12.0 Å². The number of carbonyl (C=O) groups excluding carboxylic acids is 1. The Bertz CT molecular complexity index is 415. The molecule has 0 bridgehead atoms. The molecular formula is C12H15NO3. The van der Waals surface area contributed by atoms with E-state index < -0.39 is 0 Å². The first-order chi connectivity index (χ1) is 7.72. The summed E-state index contributed by atoms with van der Waals surface area (Å²) in [4.78, 5) is 11.7. The third kappa shape index (κ3) is 2.02. The summed E-state index contributed by atoms with van der Waals surface area (Å²) in [5.74, 6) is 1.45. The number of aryl methyl sites for hydroxylation is 1. The van der Waals surface area contributed by atoms with Gasteiger partial charge in [-0.25, -0.2) is 0 Å². The molecule has 2 N–H and O–H groups in total. The van der Waals surface area contributed by atoms with Gasteiger partial charge in [-0.1, -0.05) is 0 Å². The van der Waals surface area contributed by atoms with E-state index in [1.807, 2.05) is 13.0 Å². The molecule has 1 aliphatic heterocycles. The highest BCUT2D eigenvalue weighted by molar-refractivity contribution is 5.97. The molecule has 0 unspecified atom stereocenters. The molecule has 0 saturated heterocycles. The summed E-state index contributed by atoms with van der Waals surface area (Å²) < 4.78 is 11.0. The van der Waals surface area contributed by atoms with E-state index >= 15 is 0 Å². The van der Waals surface area contributed by atoms with E-state index in [2.05, 4.69) is 0 Å². The number of Topliss-reactive ketones (excluding diaryl/α,β-unsaturated/α-hetero) is 1. The monoisotopic (exact) mass is 221 g/mol. The third-order valence-electron chi connectivity index (χ3n) is 2.52. The van der Waals surface area contributed by atoms with Crippen molar-refractivity contribution in [3.05, 3.63) is 23.3 Å². The summed E-state index contributed by atoms with van der Waals surface area (Å²) in [6.07, 6.45) is 0.360. The van der Waals surface area contributed by atoms with Gasteiger partial charge in [-0.05, 0) is 31.2 Å². The SMILES string of the molecule is Cc1cc(C(=O)CCN)cc2c1OCCO2. The first-order valence-electron chi connectivity index (χ1n) is 5.36. The highest BCUT2D eigenvalue weighted by atomic mass is 16.6.